The molecule has 4 heteroatoms. The monoisotopic (exact) mass is 226 g/mol. The fourth-order valence-electron chi connectivity index (χ4n) is 1.82. The molecule has 0 atom stereocenters. The Labute approximate surface area is 94.9 Å². The first kappa shape index (κ1) is 11.0. The standard InChI is InChI=1S/C11H18N2OS/c1-14-5-4-12-8-11(2-3-11)6-10-7-13-9-15-10/h7,9,12H,2-6,8H2,1H3. The Kier molecular flexibility index (Phi) is 3.72. The lowest BCUT2D eigenvalue weighted by atomic mass is 10.0. The topological polar surface area (TPSA) is 34.1 Å². The number of nitrogens with one attached hydrogen (secondary N) is 1. The first-order valence-corrected chi connectivity index (χ1v) is 6.30. The van der Waals surface area contributed by atoms with E-state index in [0.717, 1.165) is 19.7 Å². The minimum atomic E-state index is 0.528. The number of rotatable bonds is 7. The van der Waals surface area contributed by atoms with Crippen molar-refractivity contribution in [3.05, 3.63) is 16.6 Å². The van der Waals surface area contributed by atoms with E-state index in [4.69, 9.17) is 4.74 Å². The molecule has 1 aromatic rings. The van der Waals surface area contributed by atoms with Gasteiger partial charge in [0.15, 0.2) is 0 Å². The van der Waals surface area contributed by atoms with Crippen molar-refractivity contribution in [2.75, 3.05) is 26.8 Å². The highest BCUT2D eigenvalue weighted by Crippen LogP contribution is 2.48. The molecule has 0 saturated heterocycles. The van der Waals surface area contributed by atoms with Gasteiger partial charge >= 0.3 is 0 Å². The van der Waals surface area contributed by atoms with Gasteiger partial charge < -0.3 is 10.1 Å². The Morgan fingerprint density at radius 3 is 3.07 bits per heavy atom. The molecule has 1 aliphatic carbocycles. The van der Waals surface area contributed by atoms with Crippen LogP contribution in [0.15, 0.2) is 11.7 Å². The smallest absolute Gasteiger partial charge is 0.0794 e. The maximum atomic E-state index is 5.01. The van der Waals surface area contributed by atoms with Crippen LogP contribution in [0.25, 0.3) is 0 Å². The Balaban J connectivity index is 1.71. The number of hydrogen-bond acceptors (Lipinski definition) is 4. The molecule has 1 N–H and O–H groups in total. The van der Waals surface area contributed by atoms with E-state index in [9.17, 15) is 0 Å². The summed E-state index contributed by atoms with van der Waals surface area (Å²) in [5.41, 5.74) is 2.45. The van der Waals surface area contributed by atoms with Gasteiger partial charge in [0.2, 0.25) is 0 Å². The highest BCUT2D eigenvalue weighted by atomic mass is 32.1. The summed E-state index contributed by atoms with van der Waals surface area (Å²) in [5, 5.41) is 3.46. The predicted molar refractivity (Wildman–Crippen MR) is 62.2 cm³/mol. The van der Waals surface area contributed by atoms with E-state index < -0.39 is 0 Å². The molecule has 2 rings (SSSR count). The lowest BCUT2D eigenvalue weighted by Gasteiger charge is -2.14. The zero-order valence-corrected chi connectivity index (χ0v) is 9.98. The molecular weight excluding hydrogens is 208 g/mol. The maximum Gasteiger partial charge on any atom is 0.0794 e. The molecule has 1 saturated carbocycles. The molecule has 1 heterocycles. The average molecular weight is 226 g/mol. The van der Waals surface area contributed by atoms with Crippen LogP contribution in [0.2, 0.25) is 0 Å². The molecule has 15 heavy (non-hydrogen) atoms. The van der Waals surface area contributed by atoms with Crippen LogP contribution >= 0.6 is 11.3 Å². The first-order valence-electron chi connectivity index (χ1n) is 5.42. The van der Waals surface area contributed by atoms with Crippen LogP contribution in [0.1, 0.15) is 17.7 Å². The second-order valence-corrected chi connectivity index (χ2v) is 5.28. The van der Waals surface area contributed by atoms with E-state index >= 15 is 0 Å². The van der Waals surface area contributed by atoms with Gasteiger partial charge in [-0.15, -0.1) is 11.3 Å². The number of aromatic nitrogens is 1. The van der Waals surface area contributed by atoms with E-state index in [1.54, 1.807) is 18.4 Å². The molecule has 0 amide bonds. The molecule has 0 radical (unpaired) electrons. The third kappa shape index (κ3) is 3.26. The summed E-state index contributed by atoms with van der Waals surface area (Å²) in [4.78, 5) is 5.54. The quantitative estimate of drug-likeness (QED) is 0.719. The van der Waals surface area contributed by atoms with Gasteiger partial charge in [0, 0.05) is 31.3 Å². The van der Waals surface area contributed by atoms with Crippen molar-refractivity contribution in [2.24, 2.45) is 5.41 Å². The molecule has 1 fully saturated rings. The van der Waals surface area contributed by atoms with Crippen LogP contribution in [-0.4, -0.2) is 31.8 Å². The zero-order chi connectivity index (χ0) is 10.6. The first-order chi connectivity index (χ1) is 7.35. The number of thiazole rings is 1. The van der Waals surface area contributed by atoms with Crippen LogP contribution in [0.4, 0.5) is 0 Å². The molecule has 0 aromatic carbocycles. The Morgan fingerprint density at radius 1 is 1.60 bits per heavy atom. The molecule has 3 nitrogen and oxygen atoms in total. The van der Waals surface area contributed by atoms with Crippen molar-refractivity contribution in [1.82, 2.24) is 10.3 Å². The van der Waals surface area contributed by atoms with Gasteiger partial charge in [-0.05, 0) is 24.7 Å². The van der Waals surface area contributed by atoms with Gasteiger partial charge in [-0.25, -0.2) is 0 Å². The van der Waals surface area contributed by atoms with Gasteiger partial charge in [-0.3, -0.25) is 4.98 Å². The Bertz CT molecular complexity index is 283. The highest BCUT2D eigenvalue weighted by molar-refractivity contribution is 7.09. The second kappa shape index (κ2) is 5.05. The Morgan fingerprint density at radius 2 is 2.47 bits per heavy atom. The van der Waals surface area contributed by atoms with Crippen molar-refractivity contribution < 1.29 is 4.74 Å². The number of methoxy groups -OCH3 is 1. The third-order valence-corrected chi connectivity index (χ3v) is 3.75. The number of hydrogen-bond donors (Lipinski definition) is 1. The van der Waals surface area contributed by atoms with Crippen molar-refractivity contribution in [1.29, 1.82) is 0 Å². The van der Waals surface area contributed by atoms with E-state index in [-0.39, 0.29) is 0 Å². The molecular formula is C11H18N2OS. The van der Waals surface area contributed by atoms with Crippen molar-refractivity contribution in [3.63, 3.8) is 0 Å². The number of ether oxygens (including phenoxy) is 1. The molecule has 1 aliphatic rings. The molecule has 0 aliphatic heterocycles. The summed E-state index contributed by atoms with van der Waals surface area (Å²) < 4.78 is 5.01. The van der Waals surface area contributed by atoms with Gasteiger partial charge in [-0.2, -0.15) is 0 Å². The van der Waals surface area contributed by atoms with Crippen molar-refractivity contribution >= 4 is 11.3 Å². The molecule has 0 unspecified atom stereocenters. The normalized spacial score (nSPS) is 17.9. The van der Waals surface area contributed by atoms with Gasteiger partial charge in [-0.1, -0.05) is 0 Å². The fourth-order valence-corrected chi connectivity index (χ4v) is 2.59. The third-order valence-electron chi connectivity index (χ3n) is 2.97. The van der Waals surface area contributed by atoms with E-state index in [1.165, 1.54) is 24.1 Å². The Hall–Kier alpha value is -0.450. The van der Waals surface area contributed by atoms with Crippen molar-refractivity contribution in [2.45, 2.75) is 19.3 Å². The van der Waals surface area contributed by atoms with E-state index in [1.807, 2.05) is 11.7 Å². The molecule has 0 bridgehead atoms. The summed E-state index contributed by atoms with van der Waals surface area (Å²) in [6.45, 7) is 2.88. The second-order valence-electron chi connectivity index (χ2n) is 4.31. The van der Waals surface area contributed by atoms with Crippen LogP contribution < -0.4 is 5.32 Å². The van der Waals surface area contributed by atoms with Crippen molar-refractivity contribution in [3.8, 4) is 0 Å². The lowest BCUT2D eigenvalue weighted by Crippen LogP contribution is -2.28. The number of nitrogens with zero attached hydrogens (tertiary/aromatic N) is 1. The summed E-state index contributed by atoms with van der Waals surface area (Å²) in [5.74, 6) is 0. The summed E-state index contributed by atoms with van der Waals surface area (Å²) >= 11 is 1.77. The molecule has 1 aromatic heterocycles. The zero-order valence-electron chi connectivity index (χ0n) is 9.16. The van der Waals surface area contributed by atoms with Crippen LogP contribution in [0.3, 0.4) is 0 Å². The minimum absolute atomic E-state index is 0.528. The summed E-state index contributed by atoms with van der Waals surface area (Å²) in [6, 6.07) is 0. The largest absolute Gasteiger partial charge is 0.383 e. The van der Waals surface area contributed by atoms with Gasteiger partial charge in [0.05, 0.1) is 12.1 Å². The lowest BCUT2D eigenvalue weighted by molar-refractivity contribution is 0.197. The van der Waals surface area contributed by atoms with Crippen LogP contribution in [0, 0.1) is 5.41 Å². The minimum Gasteiger partial charge on any atom is -0.383 e. The van der Waals surface area contributed by atoms with Crippen LogP contribution in [-0.2, 0) is 11.2 Å². The van der Waals surface area contributed by atoms with Gasteiger partial charge in [0.1, 0.15) is 0 Å². The predicted octanol–water partition coefficient (Wildman–Crippen LogP) is 1.70. The average Bonchev–Trinajstić information content (AvgIpc) is 2.79. The summed E-state index contributed by atoms with van der Waals surface area (Å²) in [7, 11) is 1.74. The maximum absolute atomic E-state index is 5.01. The fraction of sp³-hybridized carbons (Fsp3) is 0.727. The summed E-state index contributed by atoms with van der Waals surface area (Å²) in [6.07, 6.45) is 5.90. The SMILES string of the molecule is COCCNCC1(Cc2cncs2)CC1. The molecule has 0 spiro atoms. The van der Waals surface area contributed by atoms with E-state index in [0.29, 0.717) is 5.41 Å². The van der Waals surface area contributed by atoms with Gasteiger partial charge in [0.25, 0.3) is 0 Å². The molecule has 84 valence electrons. The highest BCUT2D eigenvalue weighted by Gasteiger charge is 2.42. The van der Waals surface area contributed by atoms with E-state index in [2.05, 4.69) is 10.3 Å². The van der Waals surface area contributed by atoms with Crippen LogP contribution in [0.5, 0.6) is 0 Å².